The van der Waals surface area contributed by atoms with E-state index in [4.69, 9.17) is 0 Å². The molecule has 0 bridgehead atoms. The minimum Gasteiger partial charge on any atom is -0.308 e. The Hall–Kier alpha value is -2.20. The highest BCUT2D eigenvalue weighted by molar-refractivity contribution is 5.84. The zero-order valence-electron chi connectivity index (χ0n) is 11.5. The predicted molar refractivity (Wildman–Crippen MR) is 80.3 cm³/mol. The second-order valence-corrected chi connectivity index (χ2v) is 5.03. The van der Waals surface area contributed by atoms with E-state index in [1.165, 1.54) is 16.3 Å². The smallest absolute Gasteiger partial charge is 0.0560 e. The first-order valence-electron chi connectivity index (χ1n) is 6.85. The summed E-state index contributed by atoms with van der Waals surface area (Å²) in [5.74, 6) is 0. The van der Waals surface area contributed by atoms with Crippen LogP contribution in [-0.4, -0.2) is 20.8 Å². The number of aromatic nitrogens is 3. The van der Waals surface area contributed by atoms with Crippen LogP contribution < -0.4 is 5.32 Å². The maximum Gasteiger partial charge on any atom is 0.0560 e. The van der Waals surface area contributed by atoms with Gasteiger partial charge in [0.15, 0.2) is 0 Å². The third kappa shape index (κ3) is 2.86. The molecule has 2 aromatic heterocycles. The van der Waals surface area contributed by atoms with Crippen molar-refractivity contribution in [2.75, 3.05) is 0 Å². The Morgan fingerprint density at radius 2 is 2.10 bits per heavy atom. The normalized spacial score (nSPS) is 12.7. The van der Waals surface area contributed by atoms with Crippen LogP contribution in [0.3, 0.4) is 0 Å². The fraction of sp³-hybridized carbons (Fsp3) is 0.250. The van der Waals surface area contributed by atoms with Gasteiger partial charge in [0.1, 0.15) is 0 Å². The molecule has 3 aromatic rings. The van der Waals surface area contributed by atoms with Gasteiger partial charge in [-0.2, -0.15) is 5.10 Å². The van der Waals surface area contributed by atoms with Crippen LogP contribution in [0.2, 0.25) is 0 Å². The van der Waals surface area contributed by atoms with E-state index in [1.807, 2.05) is 35.4 Å². The average Bonchev–Trinajstić information content (AvgIpc) is 2.98. The quantitative estimate of drug-likeness (QED) is 0.772. The summed E-state index contributed by atoms with van der Waals surface area (Å²) in [6.45, 7) is 3.85. The van der Waals surface area contributed by atoms with Crippen LogP contribution in [0.5, 0.6) is 0 Å². The van der Waals surface area contributed by atoms with Crippen LogP contribution in [0.1, 0.15) is 12.5 Å². The molecule has 0 aliphatic heterocycles. The molecule has 102 valence electrons. The molecule has 0 aliphatic carbocycles. The molecule has 0 saturated carbocycles. The maximum absolute atomic E-state index is 4.31. The van der Waals surface area contributed by atoms with Gasteiger partial charge in [-0.15, -0.1) is 0 Å². The first-order chi connectivity index (χ1) is 9.83. The molecule has 2 heterocycles. The van der Waals surface area contributed by atoms with E-state index in [0.717, 1.165) is 13.1 Å². The van der Waals surface area contributed by atoms with Gasteiger partial charge in [0.25, 0.3) is 0 Å². The molecule has 1 atom stereocenters. The summed E-state index contributed by atoms with van der Waals surface area (Å²) < 4.78 is 1.94. The van der Waals surface area contributed by atoms with Crippen molar-refractivity contribution in [1.82, 2.24) is 20.1 Å². The number of hydrogen-bond donors (Lipinski definition) is 1. The van der Waals surface area contributed by atoms with E-state index in [2.05, 4.69) is 40.5 Å². The zero-order valence-corrected chi connectivity index (χ0v) is 11.5. The number of rotatable bonds is 5. The number of nitrogens with one attached hydrogen (secondary N) is 1. The summed E-state index contributed by atoms with van der Waals surface area (Å²) in [5.41, 5.74) is 1.23. The molecular formula is C16H18N4. The molecule has 20 heavy (non-hydrogen) atoms. The molecule has 4 nitrogen and oxygen atoms in total. The van der Waals surface area contributed by atoms with E-state index in [1.54, 1.807) is 6.20 Å². The van der Waals surface area contributed by atoms with Crippen LogP contribution in [0.4, 0.5) is 0 Å². The molecule has 0 saturated heterocycles. The Morgan fingerprint density at radius 3 is 2.95 bits per heavy atom. The molecule has 1 aromatic carbocycles. The third-order valence-corrected chi connectivity index (χ3v) is 3.41. The summed E-state index contributed by atoms with van der Waals surface area (Å²) in [6, 6.07) is 10.7. The highest BCUT2D eigenvalue weighted by Gasteiger charge is 2.05. The molecule has 0 aliphatic rings. The van der Waals surface area contributed by atoms with Gasteiger partial charge >= 0.3 is 0 Å². The Balaban J connectivity index is 1.67. The van der Waals surface area contributed by atoms with E-state index >= 15 is 0 Å². The van der Waals surface area contributed by atoms with E-state index in [9.17, 15) is 0 Å². The largest absolute Gasteiger partial charge is 0.308 e. The van der Waals surface area contributed by atoms with Gasteiger partial charge in [0.05, 0.1) is 6.54 Å². The summed E-state index contributed by atoms with van der Waals surface area (Å²) in [4.78, 5) is 4.31. The highest BCUT2D eigenvalue weighted by atomic mass is 15.3. The van der Waals surface area contributed by atoms with Gasteiger partial charge in [0, 0.05) is 42.8 Å². The summed E-state index contributed by atoms with van der Waals surface area (Å²) >= 11 is 0. The summed E-state index contributed by atoms with van der Waals surface area (Å²) in [5, 5.41) is 10.2. The van der Waals surface area contributed by atoms with Crippen molar-refractivity contribution in [2.24, 2.45) is 0 Å². The Kier molecular flexibility index (Phi) is 3.74. The molecule has 0 radical (unpaired) electrons. The second-order valence-electron chi connectivity index (χ2n) is 5.03. The molecule has 0 amide bonds. The van der Waals surface area contributed by atoms with Crippen LogP contribution in [0, 0.1) is 0 Å². The molecular weight excluding hydrogens is 248 g/mol. The first kappa shape index (κ1) is 12.8. The van der Waals surface area contributed by atoms with E-state index in [-0.39, 0.29) is 0 Å². The molecule has 0 fully saturated rings. The molecule has 1 unspecified atom stereocenters. The summed E-state index contributed by atoms with van der Waals surface area (Å²) in [6.07, 6.45) is 7.64. The Bertz CT molecular complexity index is 671. The van der Waals surface area contributed by atoms with Gasteiger partial charge in [-0.05, 0) is 23.9 Å². The number of fused-ring (bicyclic) bond motifs is 1. The van der Waals surface area contributed by atoms with Crippen LogP contribution in [0.15, 0.2) is 55.1 Å². The Labute approximate surface area is 118 Å². The lowest BCUT2D eigenvalue weighted by molar-refractivity contribution is 0.451. The lowest BCUT2D eigenvalue weighted by Gasteiger charge is -2.14. The van der Waals surface area contributed by atoms with Gasteiger partial charge in [0.2, 0.25) is 0 Å². The van der Waals surface area contributed by atoms with Gasteiger partial charge in [-0.25, -0.2) is 0 Å². The second kappa shape index (κ2) is 5.84. The van der Waals surface area contributed by atoms with Crippen molar-refractivity contribution >= 4 is 10.8 Å². The fourth-order valence-electron chi connectivity index (χ4n) is 2.36. The maximum atomic E-state index is 4.31. The average molecular weight is 266 g/mol. The lowest BCUT2D eigenvalue weighted by Crippen LogP contribution is -2.30. The number of benzene rings is 1. The third-order valence-electron chi connectivity index (χ3n) is 3.41. The number of nitrogens with zero attached hydrogens (tertiary/aromatic N) is 3. The van der Waals surface area contributed by atoms with Crippen molar-refractivity contribution < 1.29 is 0 Å². The lowest BCUT2D eigenvalue weighted by atomic mass is 10.1. The van der Waals surface area contributed by atoms with Crippen molar-refractivity contribution in [2.45, 2.75) is 26.1 Å². The van der Waals surface area contributed by atoms with Crippen molar-refractivity contribution in [3.8, 4) is 0 Å². The minimum atomic E-state index is 0.355. The van der Waals surface area contributed by atoms with Crippen molar-refractivity contribution in [1.29, 1.82) is 0 Å². The van der Waals surface area contributed by atoms with E-state index in [0.29, 0.717) is 6.04 Å². The van der Waals surface area contributed by atoms with Crippen molar-refractivity contribution in [3.63, 3.8) is 0 Å². The highest BCUT2D eigenvalue weighted by Crippen LogP contribution is 2.16. The first-order valence-corrected chi connectivity index (χ1v) is 6.85. The van der Waals surface area contributed by atoms with Crippen LogP contribution in [-0.2, 0) is 13.1 Å². The SMILES string of the molecule is CC(Cn1cccn1)NCc1cncc2ccccc12. The Morgan fingerprint density at radius 1 is 1.20 bits per heavy atom. The van der Waals surface area contributed by atoms with Crippen molar-refractivity contribution in [3.05, 3.63) is 60.7 Å². The molecule has 4 heteroatoms. The zero-order chi connectivity index (χ0) is 13.8. The standard InChI is InChI=1S/C16H18N4/c1-13(12-20-8-4-7-19-20)18-11-15-10-17-9-14-5-2-3-6-16(14)15/h2-10,13,18H,11-12H2,1H3. The molecule has 3 rings (SSSR count). The fourth-order valence-corrected chi connectivity index (χ4v) is 2.36. The minimum absolute atomic E-state index is 0.355. The van der Waals surface area contributed by atoms with Gasteiger partial charge < -0.3 is 5.32 Å². The van der Waals surface area contributed by atoms with Gasteiger partial charge in [-0.1, -0.05) is 24.3 Å². The predicted octanol–water partition coefficient (Wildman–Crippen LogP) is 2.61. The van der Waals surface area contributed by atoms with E-state index < -0.39 is 0 Å². The number of pyridine rings is 1. The topological polar surface area (TPSA) is 42.7 Å². The van der Waals surface area contributed by atoms with Crippen LogP contribution in [0.25, 0.3) is 10.8 Å². The number of hydrogen-bond acceptors (Lipinski definition) is 3. The molecule has 1 N–H and O–H groups in total. The molecule has 0 spiro atoms. The summed E-state index contributed by atoms with van der Waals surface area (Å²) in [7, 11) is 0. The van der Waals surface area contributed by atoms with Crippen LogP contribution >= 0.6 is 0 Å². The monoisotopic (exact) mass is 266 g/mol. The van der Waals surface area contributed by atoms with Gasteiger partial charge in [-0.3, -0.25) is 9.67 Å².